The Hall–Kier alpha value is -3.15. The summed E-state index contributed by atoms with van der Waals surface area (Å²) in [6, 6.07) is 10.6. The number of likely N-dealkylation sites (tertiary alicyclic amines) is 1. The largest absolute Gasteiger partial charge is 0.416 e. The van der Waals surface area contributed by atoms with Crippen LogP contribution in [0.25, 0.3) is 22.0 Å². The number of carbonyl (C=O) groups excluding carboxylic acids is 1. The van der Waals surface area contributed by atoms with Crippen LogP contribution in [0.4, 0.5) is 13.2 Å². The maximum absolute atomic E-state index is 13.4. The molecule has 12 heteroatoms. The lowest BCUT2D eigenvalue weighted by atomic mass is 10.0. The van der Waals surface area contributed by atoms with Crippen LogP contribution < -0.4 is 5.32 Å². The molecule has 0 saturated carbocycles. The number of hydrogen-bond donors (Lipinski definition) is 1. The summed E-state index contributed by atoms with van der Waals surface area (Å²) in [5, 5.41) is 7.22. The van der Waals surface area contributed by atoms with E-state index in [2.05, 4.69) is 34.2 Å². The normalized spacial score (nSPS) is 15.3. The number of nitrogens with one attached hydrogen (secondary N) is 1. The fraction of sp³-hybridized carbons (Fsp3) is 0.370. The molecule has 0 aliphatic carbocycles. The van der Waals surface area contributed by atoms with Crippen molar-refractivity contribution in [1.82, 2.24) is 24.9 Å². The standard InChI is InChI=1S/C27H27ClF3N5O2S/c1-16(2)35-10-8-19(9-11-35)33-26(37)21-14-32-25(17-4-3-5-18(12-17)27(29,30)31)36(21)15-20-13-22(38-34-20)23-6-7-24(28)39-23/h3-7,12-14,16,19H,8-11,15H2,1-2H3,(H,33,37). The van der Waals surface area contributed by atoms with Crippen LogP contribution in [0.5, 0.6) is 0 Å². The van der Waals surface area contributed by atoms with E-state index in [9.17, 15) is 18.0 Å². The third-order valence-corrected chi connectivity index (χ3v) is 8.07. The molecule has 1 amide bonds. The van der Waals surface area contributed by atoms with Gasteiger partial charge in [-0.25, -0.2) is 4.98 Å². The van der Waals surface area contributed by atoms with Gasteiger partial charge < -0.3 is 19.3 Å². The Kier molecular flexibility index (Phi) is 7.84. The van der Waals surface area contributed by atoms with E-state index in [4.69, 9.17) is 16.1 Å². The van der Waals surface area contributed by atoms with Crippen molar-refractivity contribution in [2.24, 2.45) is 0 Å². The Balaban J connectivity index is 1.45. The fourth-order valence-electron chi connectivity index (χ4n) is 4.71. The Labute approximate surface area is 232 Å². The van der Waals surface area contributed by atoms with Crippen molar-refractivity contribution >= 4 is 28.8 Å². The van der Waals surface area contributed by atoms with Gasteiger partial charge in [-0.15, -0.1) is 11.3 Å². The van der Waals surface area contributed by atoms with E-state index >= 15 is 0 Å². The topological polar surface area (TPSA) is 76.2 Å². The van der Waals surface area contributed by atoms with Crippen molar-refractivity contribution in [2.75, 3.05) is 13.1 Å². The zero-order chi connectivity index (χ0) is 27.7. The van der Waals surface area contributed by atoms with Crippen LogP contribution in [0.1, 0.15) is 48.4 Å². The quantitative estimate of drug-likeness (QED) is 0.268. The highest BCUT2D eigenvalue weighted by molar-refractivity contribution is 7.19. The minimum absolute atomic E-state index is 0.00455. The number of thiophene rings is 1. The van der Waals surface area contributed by atoms with Gasteiger partial charge in [-0.05, 0) is 51.0 Å². The molecule has 1 aliphatic rings. The van der Waals surface area contributed by atoms with Crippen LogP contribution in [0.15, 0.2) is 53.2 Å². The number of rotatable bonds is 7. The molecular formula is C27H27ClF3N5O2S. The summed E-state index contributed by atoms with van der Waals surface area (Å²) < 4.78 is 48.0. The zero-order valence-electron chi connectivity index (χ0n) is 21.3. The van der Waals surface area contributed by atoms with E-state index < -0.39 is 11.7 Å². The third-order valence-electron chi connectivity index (χ3n) is 6.83. The van der Waals surface area contributed by atoms with Crippen LogP contribution >= 0.6 is 22.9 Å². The minimum Gasteiger partial charge on any atom is -0.355 e. The monoisotopic (exact) mass is 577 g/mol. The lowest BCUT2D eigenvalue weighted by Crippen LogP contribution is -2.46. The number of nitrogens with zero attached hydrogens (tertiary/aromatic N) is 4. The van der Waals surface area contributed by atoms with Gasteiger partial charge in [0.1, 0.15) is 17.2 Å². The van der Waals surface area contributed by atoms with Crippen molar-refractivity contribution in [1.29, 1.82) is 0 Å². The Morgan fingerprint density at radius 3 is 2.64 bits per heavy atom. The molecule has 4 aromatic rings. The molecule has 39 heavy (non-hydrogen) atoms. The molecule has 0 atom stereocenters. The number of alkyl halides is 3. The highest BCUT2D eigenvalue weighted by atomic mass is 35.5. The first kappa shape index (κ1) is 27.4. The van der Waals surface area contributed by atoms with Crippen LogP contribution in [-0.4, -0.2) is 50.7 Å². The van der Waals surface area contributed by atoms with E-state index in [0.717, 1.165) is 42.9 Å². The van der Waals surface area contributed by atoms with E-state index in [1.807, 2.05) is 6.07 Å². The third kappa shape index (κ3) is 6.21. The molecule has 5 rings (SSSR count). The first-order chi connectivity index (χ1) is 18.6. The second-order valence-electron chi connectivity index (χ2n) is 9.80. The van der Waals surface area contributed by atoms with Gasteiger partial charge in [0.05, 0.1) is 27.5 Å². The van der Waals surface area contributed by atoms with Crippen molar-refractivity contribution in [3.63, 3.8) is 0 Å². The molecule has 7 nitrogen and oxygen atoms in total. The molecule has 1 aliphatic heterocycles. The summed E-state index contributed by atoms with van der Waals surface area (Å²) in [6.45, 7) is 6.13. The second-order valence-corrected chi connectivity index (χ2v) is 11.5. The maximum Gasteiger partial charge on any atom is 0.416 e. The molecular weight excluding hydrogens is 551 g/mol. The summed E-state index contributed by atoms with van der Waals surface area (Å²) >= 11 is 7.38. The molecule has 3 aromatic heterocycles. The van der Waals surface area contributed by atoms with Crippen molar-refractivity contribution in [2.45, 2.75) is 51.5 Å². The van der Waals surface area contributed by atoms with E-state index in [1.165, 1.54) is 23.6 Å². The van der Waals surface area contributed by atoms with Crippen LogP contribution in [0.3, 0.4) is 0 Å². The smallest absolute Gasteiger partial charge is 0.355 e. The number of imidazole rings is 1. The minimum atomic E-state index is -4.51. The van der Waals surface area contributed by atoms with Crippen molar-refractivity contribution in [3.8, 4) is 22.0 Å². The molecule has 1 aromatic carbocycles. The number of benzene rings is 1. The highest BCUT2D eigenvalue weighted by Crippen LogP contribution is 2.34. The Bertz CT molecular complexity index is 1450. The summed E-state index contributed by atoms with van der Waals surface area (Å²) in [5.41, 5.74) is 0.163. The predicted octanol–water partition coefficient (Wildman–Crippen LogP) is 6.59. The first-order valence-corrected chi connectivity index (χ1v) is 13.8. The Morgan fingerprint density at radius 2 is 1.97 bits per heavy atom. The van der Waals surface area contributed by atoms with Gasteiger partial charge in [0.25, 0.3) is 5.91 Å². The number of hydrogen-bond acceptors (Lipinski definition) is 6. The average molecular weight is 578 g/mol. The molecule has 0 unspecified atom stereocenters. The lowest BCUT2D eigenvalue weighted by Gasteiger charge is -2.34. The Morgan fingerprint density at radius 1 is 1.21 bits per heavy atom. The molecule has 1 N–H and O–H groups in total. The summed E-state index contributed by atoms with van der Waals surface area (Å²) in [6.07, 6.45) is -1.49. The lowest BCUT2D eigenvalue weighted by molar-refractivity contribution is -0.137. The summed E-state index contributed by atoms with van der Waals surface area (Å²) in [7, 11) is 0. The van der Waals surface area contributed by atoms with E-state index in [1.54, 1.807) is 22.8 Å². The predicted molar refractivity (Wildman–Crippen MR) is 144 cm³/mol. The van der Waals surface area contributed by atoms with E-state index in [0.29, 0.717) is 21.8 Å². The molecule has 1 fully saturated rings. The number of halogens is 4. The molecule has 4 heterocycles. The van der Waals surface area contributed by atoms with Gasteiger partial charge in [-0.2, -0.15) is 13.2 Å². The zero-order valence-corrected chi connectivity index (χ0v) is 22.9. The number of carbonyl (C=O) groups is 1. The van der Waals surface area contributed by atoms with Gasteiger partial charge in [0.2, 0.25) is 0 Å². The first-order valence-electron chi connectivity index (χ1n) is 12.6. The number of piperidine rings is 1. The van der Waals surface area contributed by atoms with Crippen LogP contribution in [0.2, 0.25) is 4.34 Å². The number of amides is 1. The van der Waals surface area contributed by atoms with Gasteiger partial charge in [-0.3, -0.25) is 4.79 Å². The fourth-order valence-corrected chi connectivity index (χ4v) is 5.70. The van der Waals surface area contributed by atoms with Crippen LogP contribution in [0, 0.1) is 0 Å². The van der Waals surface area contributed by atoms with Gasteiger partial charge in [0, 0.05) is 36.8 Å². The van der Waals surface area contributed by atoms with Crippen molar-refractivity contribution in [3.05, 3.63) is 69.9 Å². The van der Waals surface area contributed by atoms with Gasteiger partial charge in [-0.1, -0.05) is 28.9 Å². The van der Waals surface area contributed by atoms with E-state index in [-0.39, 0.29) is 35.6 Å². The van der Waals surface area contributed by atoms with Crippen LogP contribution in [-0.2, 0) is 12.7 Å². The summed E-state index contributed by atoms with van der Waals surface area (Å²) in [4.78, 5) is 20.9. The molecule has 0 radical (unpaired) electrons. The highest BCUT2D eigenvalue weighted by Gasteiger charge is 2.31. The molecule has 0 spiro atoms. The van der Waals surface area contributed by atoms with Gasteiger partial charge in [0.15, 0.2) is 5.76 Å². The average Bonchev–Trinajstić information content (AvgIpc) is 3.64. The van der Waals surface area contributed by atoms with Crippen molar-refractivity contribution < 1.29 is 22.5 Å². The second kappa shape index (κ2) is 11.1. The summed E-state index contributed by atoms with van der Waals surface area (Å²) in [5.74, 6) is 0.396. The molecule has 206 valence electrons. The number of aromatic nitrogens is 3. The molecule has 1 saturated heterocycles. The SMILES string of the molecule is CC(C)N1CCC(NC(=O)c2cnc(-c3cccc(C(F)(F)F)c3)n2Cc2cc(-c3ccc(Cl)s3)on2)CC1. The van der Waals surface area contributed by atoms with Gasteiger partial charge >= 0.3 is 6.18 Å². The molecule has 0 bridgehead atoms. The maximum atomic E-state index is 13.4.